The van der Waals surface area contributed by atoms with E-state index in [1.165, 1.54) is 51.4 Å². The van der Waals surface area contributed by atoms with Gasteiger partial charge in [-0.15, -0.1) is 0 Å². The molecule has 0 spiro atoms. The second-order valence-electron chi connectivity index (χ2n) is 19.6. The molecular weight excluding hydrogens is 918 g/mol. The van der Waals surface area contributed by atoms with Gasteiger partial charge in [0, 0.05) is 12.8 Å². The number of unbranched alkanes of at least 4 members (excludes halogenated alkanes) is 16. The molecule has 0 aromatic heterocycles. The number of carbonyl (C=O) groups is 2. The van der Waals surface area contributed by atoms with Crippen molar-refractivity contribution in [2.75, 3.05) is 47.5 Å². The van der Waals surface area contributed by atoms with Gasteiger partial charge in [0.15, 0.2) is 6.10 Å². The monoisotopic (exact) mass is 1020 g/mol. The molecule has 0 heterocycles. The lowest BCUT2D eigenvalue weighted by Crippen LogP contribution is -2.37. The molecule has 0 aliphatic rings. The summed E-state index contributed by atoms with van der Waals surface area (Å²) in [5.41, 5.74) is 0. The summed E-state index contributed by atoms with van der Waals surface area (Å²) >= 11 is 0. The SMILES string of the molecule is CC/C=C\C/C=C\C/C=C\C/C=C\C/C=C\C/C=C\C/C=C\C/C=C\CCCCCCCCCCC(=O)OC(COC(=O)CCCCCCC/C=C\C/C=C\CCCCC)COP(=O)(O)OCC[N+](C)(C)C. The molecule has 0 fully saturated rings. The first-order chi connectivity index (χ1) is 35.0. The number of carbonyl (C=O) groups excluding carboxylic acids is 2. The molecule has 2 atom stereocenters. The molecule has 0 aliphatic carbocycles. The second kappa shape index (κ2) is 52.3. The molecule has 10 heteroatoms. The zero-order valence-electron chi connectivity index (χ0n) is 46.4. The van der Waals surface area contributed by atoms with Crippen molar-refractivity contribution < 1.29 is 42.1 Å². The van der Waals surface area contributed by atoms with Crippen LogP contribution in [0.3, 0.4) is 0 Å². The highest BCUT2D eigenvalue weighted by Gasteiger charge is 2.27. The van der Waals surface area contributed by atoms with E-state index >= 15 is 0 Å². The fourth-order valence-electron chi connectivity index (χ4n) is 7.12. The molecule has 9 nitrogen and oxygen atoms in total. The van der Waals surface area contributed by atoms with E-state index in [0.717, 1.165) is 116 Å². The van der Waals surface area contributed by atoms with Gasteiger partial charge in [-0.05, 0) is 109 Å². The van der Waals surface area contributed by atoms with E-state index in [2.05, 4.69) is 135 Å². The van der Waals surface area contributed by atoms with Crippen LogP contribution in [-0.4, -0.2) is 74.9 Å². The van der Waals surface area contributed by atoms with Gasteiger partial charge in [-0.1, -0.05) is 206 Å². The first-order valence-corrected chi connectivity index (χ1v) is 29.8. The molecule has 2 unspecified atom stereocenters. The Kier molecular flexibility index (Phi) is 49.7. The summed E-state index contributed by atoms with van der Waals surface area (Å²) in [6.45, 7) is 4.24. The molecule has 1 N–H and O–H groups in total. The summed E-state index contributed by atoms with van der Waals surface area (Å²) in [4.78, 5) is 35.6. The van der Waals surface area contributed by atoms with Gasteiger partial charge in [-0.25, -0.2) is 4.57 Å². The summed E-state index contributed by atoms with van der Waals surface area (Å²) < 4.78 is 34.5. The van der Waals surface area contributed by atoms with Crippen LogP contribution in [0.4, 0.5) is 0 Å². The first kappa shape index (κ1) is 68.4. The van der Waals surface area contributed by atoms with Crippen molar-refractivity contribution in [3.05, 3.63) is 122 Å². The Morgan fingerprint density at radius 2 is 0.792 bits per heavy atom. The first-order valence-electron chi connectivity index (χ1n) is 28.3. The van der Waals surface area contributed by atoms with E-state index in [1.54, 1.807) is 0 Å². The molecular formula is C62H105NO8P+. The Morgan fingerprint density at radius 1 is 0.444 bits per heavy atom. The number of ether oxygens (including phenoxy) is 2. The molecule has 0 bridgehead atoms. The van der Waals surface area contributed by atoms with E-state index in [4.69, 9.17) is 18.5 Å². The van der Waals surface area contributed by atoms with Crippen LogP contribution in [0.5, 0.6) is 0 Å². The highest BCUT2D eigenvalue weighted by atomic mass is 31.2. The van der Waals surface area contributed by atoms with Crippen LogP contribution in [0.1, 0.15) is 206 Å². The lowest BCUT2D eigenvalue weighted by atomic mass is 10.1. The largest absolute Gasteiger partial charge is 0.472 e. The van der Waals surface area contributed by atoms with Crippen molar-refractivity contribution in [2.45, 2.75) is 213 Å². The van der Waals surface area contributed by atoms with E-state index in [0.29, 0.717) is 23.9 Å². The Bertz CT molecular complexity index is 1630. The minimum absolute atomic E-state index is 0.0212. The zero-order valence-corrected chi connectivity index (χ0v) is 47.3. The smallest absolute Gasteiger partial charge is 0.462 e. The Hall–Kier alpha value is -3.59. The minimum Gasteiger partial charge on any atom is -0.462 e. The molecule has 0 aromatic carbocycles. The Morgan fingerprint density at radius 3 is 1.18 bits per heavy atom. The number of esters is 2. The number of rotatable bonds is 50. The normalized spacial score (nSPS) is 14.2. The number of phosphoric ester groups is 1. The lowest BCUT2D eigenvalue weighted by Gasteiger charge is -2.24. The third-order valence-corrected chi connectivity index (χ3v) is 12.5. The second-order valence-corrected chi connectivity index (χ2v) is 21.0. The maximum atomic E-state index is 12.8. The van der Waals surface area contributed by atoms with Gasteiger partial charge in [-0.2, -0.15) is 0 Å². The van der Waals surface area contributed by atoms with Crippen molar-refractivity contribution in [2.24, 2.45) is 0 Å². The van der Waals surface area contributed by atoms with Crippen molar-refractivity contribution in [1.82, 2.24) is 0 Å². The average Bonchev–Trinajstić information content (AvgIpc) is 3.34. The topological polar surface area (TPSA) is 108 Å². The Balaban J connectivity index is 4.21. The molecule has 0 aromatic rings. The van der Waals surface area contributed by atoms with Gasteiger partial charge in [-0.3, -0.25) is 18.6 Å². The Labute approximate surface area is 441 Å². The number of nitrogens with zero attached hydrogens (tertiary/aromatic N) is 1. The number of hydrogen-bond acceptors (Lipinski definition) is 7. The van der Waals surface area contributed by atoms with Crippen molar-refractivity contribution in [1.29, 1.82) is 0 Å². The van der Waals surface area contributed by atoms with Gasteiger partial charge in [0.1, 0.15) is 19.8 Å². The van der Waals surface area contributed by atoms with Gasteiger partial charge in [0.05, 0.1) is 27.7 Å². The minimum atomic E-state index is -4.40. The third-order valence-electron chi connectivity index (χ3n) is 11.5. The van der Waals surface area contributed by atoms with E-state index in [-0.39, 0.29) is 32.0 Å². The van der Waals surface area contributed by atoms with Crippen LogP contribution in [0.25, 0.3) is 0 Å². The highest BCUT2D eigenvalue weighted by molar-refractivity contribution is 7.47. The molecule has 0 amide bonds. The number of allylic oxidation sites excluding steroid dienone is 20. The van der Waals surface area contributed by atoms with Crippen LogP contribution in [0.2, 0.25) is 0 Å². The number of likely N-dealkylation sites (N-methyl/N-ethyl adjacent to an activating group) is 1. The average molecular weight is 1020 g/mol. The van der Waals surface area contributed by atoms with Crippen LogP contribution >= 0.6 is 7.82 Å². The molecule has 410 valence electrons. The number of phosphoric acid groups is 1. The predicted molar refractivity (Wildman–Crippen MR) is 307 cm³/mol. The fraction of sp³-hybridized carbons (Fsp3) is 0.645. The van der Waals surface area contributed by atoms with Crippen LogP contribution in [0.15, 0.2) is 122 Å². The summed E-state index contributed by atoms with van der Waals surface area (Å²) in [7, 11) is 1.45. The molecule has 0 aliphatic heterocycles. The molecule has 72 heavy (non-hydrogen) atoms. The molecule has 0 radical (unpaired) electrons. The van der Waals surface area contributed by atoms with Crippen LogP contribution in [-0.2, 0) is 32.7 Å². The van der Waals surface area contributed by atoms with Gasteiger partial charge in [0.25, 0.3) is 0 Å². The van der Waals surface area contributed by atoms with Crippen molar-refractivity contribution in [3.8, 4) is 0 Å². The fourth-order valence-corrected chi connectivity index (χ4v) is 7.86. The molecule has 0 rings (SSSR count). The molecule has 0 saturated heterocycles. The lowest BCUT2D eigenvalue weighted by molar-refractivity contribution is -0.870. The predicted octanol–water partition coefficient (Wildman–Crippen LogP) is 17.6. The highest BCUT2D eigenvalue weighted by Crippen LogP contribution is 2.43. The van der Waals surface area contributed by atoms with Gasteiger partial charge >= 0.3 is 19.8 Å². The standard InChI is InChI=1S/C62H104NO8P/c1-6-8-10-12-14-16-18-20-22-23-24-25-26-27-28-29-30-31-32-33-34-35-36-37-38-39-41-43-45-47-49-51-53-55-62(65)71-60(59-70-72(66,67)69-57-56-63(3,4)5)58-68-61(64)54-52-50-48-46-44-42-40-21-19-17-15-13-11-9-7-2/h8,10,14-17,20-22,24-25,27-28,30-31,33-34,36-37,40,60H,6-7,9,11-13,18-19,23,26,29,32,35,38-39,41-59H2,1-5H3/p+1/b10-8-,16-14-,17-15-,22-20-,25-24-,28-27-,31-30-,34-33-,37-36-,40-21-. The van der Waals surface area contributed by atoms with E-state index in [9.17, 15) is 19.0 Å². The molecule has 0 saturated carbocycles. The maximum Gasteiger partial charge on any atom is 0.472 e. The van der Waals surface area contributed by atoms with E-state index < -0.39 is 26.5 Å². The number of hydrogen-bond donors (Lipinski definition) is 1. The van der Waals surface area contributed by atoms with E-state index in [1.807, 2.05) is 21.1 Å². The summed E-state index contributed by atoms with van der Waals surface area (Å²) in [5.74, 6) is -0.832. The maximum absolute atomic E-state index is 12.8. The quantitative estimate of drug-likeness (QED) is 0.0211. The zero-order chi connectivity index (χ0) is 52.7. The van der Waals surface area contributed by atoms with Crippen molar-refractivity contribution >= 4 is 19.8 Å². The summed E-state index contributed by atoms with van der Waals surface area (Å²) in [6, 6.07) is 0. The van der Waals surface area contributed by atoms with Gasteiger partial charge < -0.3 is 18.9 Å². The summed E-state index contributed by atoms with van der Waals surface area (Å²) in [5, 5.41) is 0. The van der Waals surface area contributed by atoms with Crippen LogP contribution in [0, 0.1) is 0 Å². The van der Waals surface area contributed by atoms with Crippen molar-refractivity contribution in [3.63, 3.8) is 0 Å². The number of quaternary nitrogens is 1. The third kappa shape index (κ3) is 55.7. The summed E-state index contributed by atoms with van der Waals surface area (Å²) in [6.07, 6.45) is 74.0. The van der Waals surface area contributed by atoms with Crippen LogP contribution < -0.4 is 0 Å². The van der Waals surface area contributed by atoms with Gasteiger partial charge in [0.2, 0.25) is 0 Å².